The summed E-state index contributed by atoms with van der Waals surface area (Å²) in [5, 5.41) is 6.16. The maximum atomic E-state index is 12.0. The molecular weight excluding hydrogens is 312 g/mol. The zero-order valence-corrected chi connectivity index (χ0v) is 13.9. The Labute approximate surface area is 140 Å². The van der Waals surface area contributed by atoms with Crippen molar-refractivity contribution in [3.8, 4) is 0 Å². The fraction of sp³-hybridized carbons (Fsp3) is 0.222. The van der Waals surface area contributed by atoms with E-state index < -0.39 is 0 Å². The summed E-state index contributed by atoms with van der Waals surface area (Å²) < 4.78 is 0. The van der Waals surface area contributed by atoms with E-state index in [0.717, 1.165) is 16.8 Å². The van der Waals surface area contributed by atoms with Crippen molar-refractivity contribution >= 4 is 29.1 Å². The van der Waals surface area contributed by atoms with Gasteiger partial charge < -0.3 is 10.6 Å². The third-order valence-corrected chi connectivity index (χ3v) is 3.87. The number of carbonyl (C=O) groups is 2. The molecule has 0 radical (unpaired) electrons. The molecular formula is C18H19ClN2O2. The molecule has 0 bridgehead atoms. The van der Waals surface area contributed by atoms with E-state index >= 15 is 0 Å². The van der Waals surface area contributed by atoms with Gasteiger partial charge in [-0.1, -0.05) is 23.7 Å². The van der Waals surface area contributed by atoms with Crippen molar-refractivity contribution < 1.29 is 9.59 Å². The predicted molar refractivity (Wildman–Crippen MR) is 92.9 cm³/mol. The van der Waals surface area contributed by atoms with E-state index in [1.165, 1.54) is 0 Å². The maximum absolute atomic E-state index is 12.0. The summed E-state index contributed by atoms with van der Waals surface area (Å²) in [5.41, 5.74) is 3.49. The number of amides is 2. The van der Waals surface area contributed by atoms with E-state index in [1.807, 2.05) is 32.0 Å². The quantitative estimate of drug-likeness (QED) is 0.878. The largest absolute Gasteiger partial charge is 0.352 e. The minimum atomic E-state index is -0.221. The highest BCUT2D eigenvalue weighted by Crippen LogP contribution is 2.18. The SMILES string of the molecule is Cc1cccc(NC(=O)CCNC(=O)c2ccc(Cl)cc2)c1C. The van der Waals surface area contributed by atoms with Gasteiger partial charge in [0.1, 0.15) is 0 Å². The number of carbonyl (C=O) groups excluding carboxylic acids is 2. The van der Waals surface area contributed by atoms with Crippen molar-refractivity contribution in [1.82, 2.24) is 5.32 Å². The Morgan fingerprint density at radius 2 is 1.74 bits per heavy atom. The van der Waals surface area contributed by atoms with Gasteiger partial charge in [0, 0.05) is 29.2 Å². The van der Waals surface area contributed by atoms with Crippen molar-refractivity contribution in [2.75, 3.05) is 11.9 Å². The average Bonchev–Trinajstić information content (AvgIpc) is 2.52. The van der Waals surface area contributed by atoms with Gasteiger partial charge in [-0.25, -0.2) is 0 Å². The molecule has 0 saturated heterocycles. The maximum Gasteiger partial charge on any atom is 0.251 e. The van der Waals surface area contributed by atoms with Crippen LogP contribution in [0.2, 0.25) is 5.02 Å². The highest BCUT2D eigenvalue weighted by molar-refractivity contribution is 6.30. The fourth-order valence-electron chi connectivity index (χ4n) is 2.09. The summed E-state index contributed by atoms with van der Waals surface area (Å²) >= 11 is 5.78. The van der Waals surface area contributed by atoms with E-state index in [2.05, 4.69) is 10.6 Å². The van der Waals surface area contributed by atoms with Gasteiger partial charge in [-0.2, -0.15) is 0 Å². The predicted octanol–water partition coefficient (Wildman–Crippen LogP) is 3.72. The van der Waals surface area contributed by atoms with Crippen LogP contribution in [0.3, 0.4) is 0 Å². The first-order valence-electron chi connectivity index (χ1n) is 7.37. The van der Waals surface area contributed by atoms with Crippen molar-refractivity contribution in [2.24, 2.45) is 0 Å². The second-order valence-corrected chi connectivity index (χ2v) is 5.74. The van der Waals surface area contributed by atoms with E-state index in [4.69, 9.17) is 11.6 Å². The van der Waals surface area contributed by atoms with Crippen LogP contribution >= 0.6 is 11.6 Å². The summed E-state index contributed by atoms with van der Waals surface area (Å²) in [6.07, 6.45) is 0.215. The van der Waals surface area contributed by atoms with Crippen LogP contribution < -0.4 is 10.6 Å². The summed E-state index contributed by atoms with van der Waals surface area (Å²) in [4.78, 5) is 23.9. The third kappa shape index (κ3) is 4.83. The normalized spacial score (nSPS) is 10.2. The molecule has 0 fully saturated rings. The molecule has 2 N–H and O–H groups in total. The van der Waals surface area contributed by atoms with Crippen LogP contribution in [0.1, 0.15) is 27.9 Å². The number of nitrogens with one attached hydrogen (secondary N) is 2. The first-order valence-corrected chi connectivity index (χ1v) is 7.75. The van der Waals surface area contributed by atoms with Gasteiger partial charge in [-0.05, 0) is 55.3 Å². The van der Waals surface area contributed by atoms with Crippen LogP contribution in [0.5, 0.6) is 0 Å². The van der Waals surface area contributed by atoms with Gasteiger partial charge in [-0.15, -0.1) is 0 Å². The molecule has 0 unspecified atom stereocenters. The second kappa shape index (κ2) is 7.79. The van der Waals surface area contributed by atoms with E-state index in [0.29, 0.717) is 10.6 Å². The summed E-state index contributed by atoms with van der Waals surface area (Å²) in [5.74, 6) is -0.351. The van der Waals surface area contributed by atoms with Gasteiger partial charge >= 0.3 is 0 Å². The number of hydrogen-bond donors (Lipinski definition) is 2. The minimum Gasteiger partial charge on any atom is -0.352 e. The van der Waals surface area contributed by atoms with E-state index in [-0.39, 0.29) is 24.8 Å². The lowest BCUT2D eigenvalue weighted by atomic mass is 10.1. The Morgan fingerprint density at radius 3 is 2.43 bits per heavy atom. The van der Waals surface area contributed by atoms with Crippen molar-refractivity contribution in [1.29, 1.82) is 0 Å². The van der Waals surface area contributed by atoms with E-state index in [1.54, 1.807) is 24.3 Å². The standard InChI is InChI=1S/C18H19ClN2O2/c1-12-4-3-5-16(13(12)2)21-17(22)10-11-20-18(23)14-6-8-15(19)9-7-14/h3-9H,10-11H2,1-2H3,(H,20,23)(H,21,22). The van der Waals surface area contributed by atoms with Crippen molar-refractivity contribution in [3.05, 3.63) is 64.2 Å². The number of aryl methyl sites for hydroxylation is 1. The Kier molecular flexibility index (Phi) is 5.77. The molecule has 120 valence electrons. The molecule has 5 heteroatoms. The first-order chi connectivity index (χ1) is 11.0. The third-order valence-electron chi connectivity index (χ3n) is 3.62. The van der Waals surface area contributed by atoms with Gasteiger partial charge in [0.2, 0.25) is 5.91 Å². The van der Waals surface area contributed by atoms with E-state index in [9.17, 15) is 9.59 Å². The monoisotopic (exact) mass is 330 g/mol. The van der Waals surface area contributed by atoms with Crippen LogP contribution in [0.4, 0.5) is 5.69 Å². The summed E-state index contributed by atoms with van der Waals surface area (Å²) in [6.45, 7) is 4.24. The Bertz CT molecular complexity index is 711. The zero-order valence-electron chi connectivity index (χ0n) is 13.2. The van der Waals surface area contributed by atoms with Crippen molar-refractivity contribution in [3.63, 3.8) is 0 Å². The Morgan fingerprint density at radius 1 is 1.04 bits per heavy atom. The zero-order chi connectivity index (χ0) is 16.8. The molecule has 23 heavy (non-hydrogen) atoms. The summed E-state index contributed by atoms with van der Waals surface area (Å²) in [7, 11) is 0. The van der Waals surface area contributed by atoms with Crippen LogP contribution in [-0.2, 0) is 4.79 Å². The average molecular weight is 331 g/mol. The molecule has 0 aliphatic rings. The highest BCUT2D eigenvalue weighted by Gasteiger charge is 2.08. The first kappa shape index (κ1) is 17.0. The lowest BCUT2D eigenvalue weighted by molar-refractivity contribution is -0.116. The van der Waals surface area contributed by atoms with Crippen LogP contribution in [0.15, 0.2) is 42.5 Å². The molecule has 0 aromatic heterocycles. The minimum absolute atomic E-state index is 0.130. The van der Waals surface area contributed by atoms with Crippen molar-refractivity contribution in [2.45, 2.75) is 20.3 Å². The number of rotatable bonds is 5. The molecule has 0 saturated carbocycles. The van der Waals surface area contributed by atoms with Gasteiger partial charge in [0.15, 0.2) is 0 Å². The lowest BCUT2D eigenvalue weighted by Gasteiger charge is -2.10. The lowest BCUT2D eigenvalue weighted by Crippen LogP contribution is -2.27. The molecule has 2 aromatic rings. The molecule has 0 atom stereocenters. The molecule has 2 amide bonds. The van der Waals surface area contributed by atoms with Gasteiger partial charge in [0.25, 0.3) is 5.91 Å². The highest BCUT2D eigenvalue weighted by atomic mass is 35.5. The topological polar surface area (TPSA) is 58.2 Å². The Hall–Kier alpha value is -2.33. The smallest absolute Gasteiger partial charge is 0.251 e. The fourth-order valence-corrected chi connectivity index (χ4v) is 2.22. The second-order valence-electron chi connectivity index (χ2n) is 5.31. The molecule has 0 aliphatic carbocycles. The van der Waals surface area contributed by atoms with Crippen LogP contribution in [-0.4, -0.2) is 18.4 Å². The molecule has 0 spiro atoms. The van der Waals surface area contributed by atoms with Gasteiger partial charge in [0.05, 0.1) is 0 Å². The summed E-state index contributed by atoms with van der Waals surface area (Å²) in [6, 6.07) is 12.4. The number of halogens is 1. The van der Waals surface area contributed by atoms with Crippen LogP contribution in [0.25, 0.3) is 0 Å². The molecule has 2 aromatic carbocycles. The molecule has 2 rings (SSSR count). The number of anilines is 1. The molecule has 4 nitrogen and oxygen atoms in total. The van der Waals surface area contributed by atoms with Crippen LogP contribution in [0, 0.1) is 13.8 Å². The molecule has 0 aliphatic heterocycles. The van der Waals surface area contributed by atoms with Gasteiger partial charge in [-0.3, -0.25) is 9.59 Å². The Balaban J connectivity index is 1.82. The molecule has 0 heterocycles. The number of hydrogen-bond acceptors (Lipinski definition) is 2. The number of benzene rings is 2.